The van der Waals surface area contributed by atoms with Gasteiger partial charge >= 0.3 is 0 Å². The molecule has 80 valence electrons. The lowest BCUT2D eigenvalue weighted by Gasteiger charge is -2.06. The van der Waals surface area contributed by atoms with Gasteiger partial charge in [-0.25, -0.2) is 0 Å². The number of rotatable bonds is 4. The molecule has 0 radical (unpaired) electrons. The molecule has 1 N–H and O–H groups in total. The molecule has 1 aromatic rings. The molecule has 1 aromatic heterocycles. The van der Waals surface area contributed by atoms with Crippen molar-refractivity contribution in [2.45, 2.75) is 26.9 Å². The smallest absolute Gasteiger partial charge is 0.0685 e. The predicted octanol–water partition coefficient (Wildman–Crippen LogP) is 2.64. The molecule has 0 saturated heterocycles. The van der Waals surface area contributed by atoms with Gasteiger partial charge in [-0.2, -0.15) is 0 Å². The molecular formula is C13H17NO. The third-order valence-corrected chi connectivity index (χ3v) is 2.32. The molecule has 0 aliphatic rings. The Morgan fingerprint density at radius 1 is 1.40 bits per heavy atom. The van der Waals surface area contributed by atoms with E-state index in [0.717, 1.165) is 17.5 Å². The standard InChI is InChI=1S/C13H17NO/c1-3-5-11(4-2)8-13-9-14-7-6-12(13)10-15/h3-7,9,15H,8,10H2,1-2H3/b5-3-,11-4+. The van der Waals surface area contributed by atoms with Crippen molar-refractivity contribution < 1.29 is 5.11 Å². The van der Waals surface area contributed by atoms with Gasteiger partial charge in [-0.1, -0.05) is 18.2 Å². The number of aromatic nitrogens is 1. The molecule has 2 heteroatoms. The number of nitrogens with zero attached hydrogens (tertiary/aromatic N) is 1. The van der Waals surface area contributed by atoms with Crippen LogP contribution in [0.4, 0.5) is 0 Å². The van der Waals surface area contributed by atoms with Gasteiger partial charge in [0.05, 0.1) is 6.61 Å². The Morgan fingerprint density at radius 2 is 2.20 bits per heavy atom. The number of aliphatic hydroxyl groups excluding tert-OH is 1. The normalized spacial score (nSPS) is 12.3. The summed E-state index contributed by atoms with van der Waals surface area (Å²) in [6.45, 7) is 4.09. The Bertz CT molecular complexity index is 367. The van der Waals surface area contributed by atoms with Crippen LogP contribution in [0.3, 0.4) is 0 Å². The van der Waals surface area contributed by atoms with Crippen LogP contribution < -0.4 is 0 Å². The second-order valence-corrected chi connectivity index (χ2v) is 3.34. The third-order valence-electron chi connectivity index (χ3n) is 2.32. The van der Waals surface area contributed by atoms with E-state index in [-0.39, 0.29) is 6.61 Å². The lowest BCUT2D eigenvalue weighted by atomic mass is 10.0. The number of hydrogen-bond acceptors (Lipinski definition) is 2. The van der Waals surface area contributed by atoms with Gasteiger partial charge in [0.15, 0.2) is 0 Å². The highest BCUT2D eigenvalue weighted by molar-refractivity contribution is 5.31. The van der Waals surface area contributed by atoms with Crippen molar-refractivity contribution in [1.29, 1.82) is 0 Å². The van der Waals surface area contributed by atoms with E-state index in [1.807, 2.05) is 32.2 Å². The minimum atomic E-state index is 0.0741. The van der Waals surface area contributed by atoms with Gasteiger partial charge in [0.2, 0.25) is 0 Å². The van der Waals surface area contributed by atoms with Crippen molar-refractivity contribution in [3.05, 3.63) is 53.4 Å². The van der Waals surface area contributed by atoms with Crippen LogP contribution in [0.1, 0.15) is 25.0 Å². The van der Waals surface area contributed by atoms with Crippen molar-refractivity contribution in [2.24, 2.45) is 0 Å². The molecule has 0 fully saturated rings. The lowest BCUT2D eigenvalue weighted by molar-refractivity contribution is 0.280. The zero-order valence-electron chi connectivity index (χ0n) is 9.27. The molecule has 0 bridgehead atoms. The maximum Gasteiger partial charge on any atom is 0.0685 e. The Hall–Kier alpha value is -1.41. The highest BCUT2D eigenvalue weighted by Gasteiger charge is 2.02. The molecule has 2 nitrogen and oxygen atoms in total. The zero-order chi connectivity index (χ0) is 11.1. The van der Waals surface area contributed by atoms with Gasteiger partial charge in [-0.15, -0.1) is 0 Å². The van der Waals surface area contributed by atoms with Gasteiger partial charge in [0.1, 0.15) is 0 Å². The molecule has 1 heterocycles. The molecule has 0 atom stereocenters. The van der Waals surface area contributed by atoms with Crippen LogP contribution in [0.5, 0.6) is 0 Å². The molecule has 0 aliphatic carbocycles. The van der Waals surface area contributed by atoms with Crippen LogP contribution in [0, 0.1) is 0 Å². The van der Waals surface area contributed by atoms with Crippen LogP contribution in [-0.4, -0.2) is 10.1 Å². The number of allylic oxidation sites excluding steroid dienone is 4. The van der Waals surface area contributed by atoms with E-state index in [9.17, 15) is 0 Å². The molecule has 0 aliphatic heterocycles. The first-order valence-corrected chi connectivity index (χ1v) is 5.12. The lowest BCUT2D eigenvalue weighted by Crippen LogP contribution is -1.96. The highest BCUT2D eigenvalue weighted by atomic mass is 16.3. The van der Waals surface area contributed by atoms with Crippen LogP contribution in [-0.2, 0) is 13.0 Å². The summed E-state index contributed by atoms with van der Waals surface area (Å²) >= 11 is 0. The SMILES string of the molecule is C/C=C\C(=C/C)Cc1cnccc1CO. The molecule has 0 spiro atoms. The van der Waals surface area contributed by atoms with Crippen LogP contribution in [0.2, 0.25) is 0 Å². The Balaban J connectivity index is 2.88. The van der Waals surface area contributed by atoms with E-state index >= 15 is 0 Å². The second-order valence-electron chi connectivity index (χ2n) is 3.34. The largest absolute Gasteiger partial charge is 0.392 e. The summed E-state index contributed by atoms with van der Waals surface area (Å²) < 4.78 is 0. The van der Waals surface area contributed by atoms with Crippen molar-refractivity contribution in [3.8, 4) is 0 Å². The van der Waals surface area contributed by atoms with E-state index in [4.69, 9.17) is 5.11 Å². The molecule has 0 aromatic carbocycles. The first kappa shape index (κ1) is 11.7. The zero-order valence-corrected chi connectivity index (χ0v) is 9.27. The van der Waals surface area contributed by atoms with Crippen LogP contribution >= 0.6 is 0 Å². The topological polar surface area (TPSA) is 33.1 Å². The third kappa shape index (κ3) is 3.33. The van der Waals surface area contributed by atoms with Crippen molar-refractivity contribution in [1.82, 2.24) is 4.98 Å². The fourth-order valence-corrected chi connectivity index (χ4v) is 1.46. The van der Waals surface area contributed by atoms with E-state index in [1.54, 1.807) is 6.20 Å². The number of hydrogen-bond donors (Lipinski definition) is 1. The molecule has 1 rings (SSSR count). The summed E-state index contributed by atoms with van der Waals surface area (Å²) in [4.78, 5) is 4.08. The maximum atomic E-state index is 9.17. The van der Waals surface area contributed by atoms with Crippen molar-refractivity contribution >= 4 is 0 Å². The van der Waals surface area contributed by atoms with Gasteiger partial charge in [0.25, 0.3) is 0 Å². The van der Waals surface area contributed by atoms with E-state index < -0.39 is 0 Å². The van der Waals surface area contributed by atoms with Crippen molar-refractivity contribution in [3.63, 3.8) is 0 Å². The summed E-state index contributed by atoms with van der Waals surface area (Å²) in [7, 11) is 0. The Kier molecular flexibility index (Phi) is 4.78. The van der Waals surface area contributed by atoms with Crippen LogP contribution in [0.15, 0.2) is 42.3 Å². The Labute approximate surface area is 91.0 Å². The highest BCUT2D eigenvalue weighted by Crippen LogP contribution is 2.13. The Morgan fingerprint density at radius 3 is 2.80 bits per heavy atom. The van der Waals surface area contributed by atoms with Gasteiger partial charge < -0.3 is 5.11 Å². The summed E-state index contributed by atoms with van der Waals surface area (Å²) in [6, 6.07) is 1.86. The molecule has 0 saturated carbocycles. The van der Waals surface area contributed by atoms with Gasteiger partial charge in [-0.05, 0) is 43.0 Å². The quantitative estimate of drug-likeness (QED) is 0.763. The average molecular weight is 203 g/mol. The fraction of sp³-hybridized carbons (Fsp3) is 0.308. The van der Waals surface area contributed by atoms with Gasteiger partial charge in [-0.3, -0.25) is 4.98 Å². The second kappa shape index (κ2) is 6.14. The summed E-state index contributed by atoms with van der Waals surface area (Å²) in [5.74, 6) is 0. The molecule has 0 amide bonds. The first-order valence-electron chi connectivity index (χ1n) is 5.12. The predicted molar refractivity (Wildman–Crippen MR) is 62.4 cm³/mol. The minimum Gasteiger partial charge on any atom is -0.392 e. The maximum absolute atomic E-state index is 9.17. The fourth-order valence-electron chi connectivity index (χ4n) is 1.46. The summed E-state index contributed by atoms with van der Waals surface area (Å²) in [6.07, 6.45) is 10.5. The van der Waals surface area contributed by atoms with E-state index in [1.165, 1.54) is 5.57 Å². The number of aliphatic hydroxyl groups is 1. The van der Waals surface area contributed by atoms with Crippen molar-refractivity contribution in [2.75, 3.05) is 0 Å². The summed E-state index contributed by atoms with van der Waals surface area (Å²) in [5.41, 5.74) is 3.28. The average Bonchev–Trinajstić information content (AvgIpc) is 2.29. The minimum absolute atomic E-state index is 0.0741. The molecular weight excluding hydrogens is 186 g/mol. The molecule has 15 heavy (non-hydrogen) atoms. The van der Waals surface area contributed by atoms with E-state index in [0.29, 0.717) is 0 Å². The first-order chi connectivity index (χ1) is 7.31. The summed E-state index contributed by atoms with van der Waals surface area (Å²) in [5, 5.41) is 9.17. The molecule has 0 unspecified atom stereocenters. The monoisotopic (exact) mass is 203 g/mol. The number of pyridine rings is 1. The van der Waals surface area contributed by atoms with E-state index in [2.05, 4.69) is 17.1 Å². The van der Waals surface area contributed by atoms with Crippen LogP contribution in [0.25, 0.3) is 0 Å². The van der Waals surface area contributed by atoms with Gasteiger partial charge in [0, 0.05) is 12.4 Å².